The fraction of sp³-hybridized carbons (Fsp3) is 0.273. The van der Waals surface area contributed by atoms with Crippen LogP contribution in [0.4, 0.5) is 0 Å². The molecular formula is C11H12O6S. The number of rotatable bonds is 5. The molecule has 0 spiro atoms. The van der Waals surface area contributed by atoms with Gasteiger partial charge in [-0.25, -0.2) is 13.2 Å². The Bertz CT molecular complexity index is 575. The van der Waals surface area contributed by atoms with Crippen LogP contribution in [-0.4, -0.2) is 35.8 Å². The van der Waals surface area contributed by atoms with Gasteiger partial charge in [0.2, 0.25) is 0 Å². The maximum atomic E-state index is 11.7. The third-order valence-corrected chi connectivity index (χ3v) is 4.44. The Labute approximate surface area is 104 Å². The summed E-state index contributed by atoms with van der Waals surface area (Å²) in [6.07, 6.45) is 0. The lowest BCUT2D eigenvalue weighted by Crippen LogP contribution is -2.28. The van der Waals surface area contributed by atoms with E-state index in [1.807, 2.05) is 0 Å². The van der Waals surface area contributed by atoms with E-state index < -0.39 is 32.8 Å². The van der Waals surface area contributed by atoms with Gasteiger partial charge in [-0.1, -0.05) is 12.1 Å². The van der Waals surface area contributed by atoms with Gasteiger partial charge in [0, 0.05) is 0 Å². The third-order valence-electron chi connectivity index (χ3n) is 2.43. The first-order chi connectivity index (χ1) is 8.24. The Hall–Kier alpha value is -1.89. The SMILES string of the molecule is CC(C(=O)O)S(=O)(=O)Cc1cccc(C(=O)O)c1. The Morgan fingerprint density at radius 1 is 1.28 bits per heavy atom. The molecule has 0 aromatic heterocycles. The number of hydrogen-bond donors (Lipinski definition) is 2. The molecule has 98 valence electrons. The van der Waals surface area contributed by atoms with Crippen LogP contribution in [0.15, 0.2) is 24.3 Å². The molecule has 1 atom stereocenters. The van der Waals surface area contributed by atoms with Crippen molar-refractivity contribution in [1.29, 1.82) is 0 Å². The van der Waals surface area contributed by atoms with E-state index in [0.717, 1.165) is 6.92 Å². The molecule has 2 N–H and O–H groups in total. The van der Waals surface area contributed by atoms with Crippen molar-refractivity contribution in [1.82, 2.24) is 0 Å². The monoisotopic (exact) mass is 272 g/mol. The van der Waals surface area contributed by atoms with E-state index in [-0.39, 0.29) is 11.1 Å². The zero-order valence-electron chi connectivity index (χ0n) is 9.53. The zero-order chi connectivity index (χ0) is 13.9. The van der Waals surface area contributed by atoms with Gasteiger partial charge in [-0.2, -0.15) is 0 Å². The minimum atomic E-state index is -3.85. The largest absolute Gasteiger partial charge is 0.480 e. The van der Waals surface area contributed by atoms with Crippen molar-refractivity contribution >= 4 is 21.8 Å². The van der Waals surface area contributed by atoms with E-state index >= 15 is 0 Å². The lowest BCUT2D eigenvalue weighted by Gasteiger charge is -2.08. The molecule has 0 aliphatic heterocycles. The number of carboxylic acid groups (broad SMARTS) is 2. The summed E-state index contributed by atoms with van der Waals surface area (Å²) in [5.41, 5.74) is 0.216. The highest BCUT2D eigenvalue weighted by Gasteiger charge is 2.27. The van der Waals surface area contributed by atoms with Gasteiger partial charge in [-0.05, 0) is 24.6 Å². The normalized spacial score (nSPS) is 12.9. The van der Waals surface area contributed by atoms with Crippen molar-refractivity contribution in [3.8, 4) is 0 Å². The molecule has 0 saturated heterocycles. The fourth-order valence-electron chi connectivity index (χ4n) is 1.31. The third kappa shape index (κ3) is 3.30. The smallest absolute Gasteiger partial charge is 0.335 e. The first-order valence-corrected chi connectivity index (χ1v) is 6.72. The van der Waals surface area contributed by atoms with E-state index in [1.54, 1.807) is 0 Å². The van der Waals surface area contributed by atoms with Crippen molar-refractivity contribution < 1.29 is 28.2 Å². The average Bonchev–Trinajstić information content (AvgIpc) is 2.27. The van der Waals surface area contributed by atoms with Crippen LogP contribution in [0.2, 0.25) is 0 Å². The van der Waals surface area contributed by atoms with Crippen molar-refractivity contribution in [3.63, 3.8) is 0 Å². The van der Waals surface area contributed by atoms with Gasteiger partial charge in [0.25, 0.3) is 0 Å². The van der Waals surface area contributed by atoms with Crippen LogP contribution < -0.4 is 0 Å². The molecule has 1 rings (SSSR count). The summed E-state index contributed by atoms with van der Waals surface area (Å²) < 4.78 is 23.4. The lowest BCUT2D eigenvalue weighted by atomic mass is 10.1. The molecule has 0 bridgehead atoms. The molecule has 18 heavy (non-hydrogen) atoms. The van der Waals surface area contributed by atoms with Gasteiger partial charge >= 0.3 is 11.9 Å². The quantitative estimate of drug-likeness (QED) is 0.819. The van der Waals surface area contributed by atoms with Crippen molar-refractivity contribution in [3.05, 3.63) is 35.4 Å². The number of carbonyl (C=O) groups is 2. The summed E-state index contributed by atoms with van der Waals surface area (Å²) in [6.45, 7) is 1.08. The van der Waals surface area contributed by atoms with Crippen molar-refractivity contribution in [2.75, 3.05) is 0 Å². The number of aromatic carboxylic acids is 1. The highest BCUT2D eigenvalue weighted by molar-refractivity contribution is 7.91. The predicted molar refractivity (Wildman–Crippen MR) is 63.1 cm³/mol. The molecule has 1 aromatic rings. The Morgan fingerprint density at radius 3 is 2.39 bits per heavy atom. The predicted octanol–water partition coefficient (Wildman–Crippen LogP) is 0.773. The van der Waals surface area contributed by atoms with Gasteiger partial charge in [0.15, 0.2) is 15.1 Å². The van der Waals surface area contributed by atoms with Gasteiger partial charge in [-0.3, -0.25) is 4.79 Å². The van der Waals surface area contributed by atoms with E-state index in [9.17, 15) is 18.0 Å². The Morgan fingerprint density at radius 2 is 1.89 bits per heavy atom. The lowest BCUT2D eigenvalue weighted by molar-refractivity contribution is -0.136. The second-order valence-electron chi connectivity index (χ2n) is 3.79. The molecule has 0 fully saturated rings. The molecule has 0 aliphatic carbocycles. The van der Waals surface area contributed by atoms with Crippen LogP contribution >= 0.6 is 0 Å². The minimum absolute atomic E-state index is 0.0364. The summed E-state index contributed by atoms with van der Waals surface area (Å²) >= 11 is 0. The van der Waals surface area contributed by atoms with Crippen LogP contribution in [-0.2, 0) is 20.4 Å². The molecule has 7 heteroatoms. The van der Waals surface area contributed by atoms with E-state index in [2.05, 4.69) is 0 Å². The van der Waals surface area contributed by atoms with Gasteiger partial charge < -0.3 is 10.2 Å². The van der Waals surface area contributed by atoms with Crippen molar-refractivity contribution in [2.24, 2.45) is 0 Å². The van der Waals surface area contributed by atoms with Crippen LogP contribution in [0.25, 0.3) is 0 Å². The second-order valence-corrected chi connectivity index (χ2v) is 6.11. The minimum Gasteiger partial charge on any atom is -0.480 e. The number of benzene rings is 1. The fourth-order valence-corrected chi connectivity index (χ4v) is 2.51. The summed E-state index contributed by atoms with van der Waals surface area (Å²) in [5, 5.41) is 15.9. The van der Waals surface area contributed by atoms with Gasteiger partial charge in [-0.15, -0.1) is 0 Å². The molecular weight excluding hydrogens is 260 g/mol. The van der Waals surface area contributed by atoms with E-state index in [1.165, 1.54) is 24.3 Å². The highest BCUT2D eigenvalue weighted by atomic mass is 32.2. The molecule has 0 amide bonds. The molecule has 1 unspecified atom stereocenters. The van der Waals surface area contributed by atoms with E-state index in [4.69, 9.17) is 10.2 Å². The van der Waals surface area contributed by atoms with Gasteiger partial charge in [0.05, 0.1) is 11.3 Å². The molecule has 6 nitrogen and oxygen atoms in total. The number of carboxylic acids is 2. The molecule has 0 radical (unpaired) electrons. The standard InChI is InChI=1S/C11H12O6S/c1-7(10(12)13)18(16,17)6-8-3-2-4-9(5-8)11(14)15/h2-5,7H,6H2,1H3,(H,12,13)(H,14,15). The topological polar surface area (TPSA) is 109 Å². The summed E-state index contributed by atoms with van der Waals surface area (Å²) in [5.74, 6) is -3.09. The van der Waals surface area contributed by atoms with Crippen molar-refractivity contribution in [2.45, 2.75) is 17.9 Å². The van der Waals surface area contributed by atoms with Crippen LogP contribution in [0.5, 0.6) is 0 Å². The summed E-state index contributed by atoms with van der Waals surface area (Å²) in [6, 6.07) is 5.41. The molecule has 0 aliphatic rings. The van der Waals surface area contributed by atoms with Crippen LogP contribution in [0.1, 0.15) is 22.8 Å². The van der Waals surface area contributed by atoms with Crippen LogP contribution in [0.3, 0.4) is 0 Å². The Balaban J connectivity index is 3.01. The van der Waals surface area contributed by atoms with E-state index in [0.29, 0.717) is 0 Å². The van der Waals surface area contributed by atoms with Gasteiger partial charge in [0.1, 0.15) is 0 Å². The highest BCUT2D eigenvalue weighted by Crippen LogP contribution is 2.13. The van der Waals surface area contributed by atoms with Crippen LogP contribution in [0, 0.1) is 0 Å². The first kappa shape index (κ1) is 14.2. The number of hydrogen-bond acceptors (Lipinski definition) is 4. The zero-order valence-corrected chi connectivity index (χ0v) is 10.3. The Kier molecular flexibility index (Phi) is 4.07. The summed E-state index contributed by atoms with van der Waals surface area (Å²) in [4.78, 5) is 21.4. The molecule has 0 saturated carbocycles. The molecule has 0 heterocycles. The maximum Gasteiger partial charge on any atom is 0.335 e. The average molecular weight is 272 g/mol. The first-order valence-electron chi connectivity index (χ1n) is 5.00. The number of aliphatic carboxylic acids is 1. The number of sulfone groups is 1. The maximum absolute atomic E-state index is 11.7. The molecule has 1 aromatic carbocycles. The second kappa shape index (κ2) is 5.18. The summed E-state index contributed by atoms with van der Waals surface area (Å²) in [7, 11) is -3.85.